The van der Waals surface area contributed by atoms with Crippen molar-refractivity contribution in [2.75, 3.05) is 6.54 Å². The Hall–Kier alpha value is -1.52. The lowest BCUT2D eigenvalue weighted by molar-refractivity contribution is -0.187. The van der Waals surface area contributed by atoms with Crippen LogP contribution in [0.15, 0.2) is 18.2 Å². The topological polar surface area (TPSA) is 20.3 Å². The van der Waals surface area contributed by atoms with Gasteiger partial charge in [0.1, 0.15) is 0 Å². The molecule has 0 radical (unpaired) electrons. The molecule has 0 N–H and O–H groups in total. The Labute approximate surface area is 128 Å². The summed E-state index contributed by atoms with van der Waals surface area (Å²) in [6, 6.07) is 6.10. The smallest absolute Gasteiger partial charge is 0.330 e. The molecule has 5 heteroatoms. The van der Waals surface area contributed by atoms with Gasteiger partial charge in [-0.1, -0.05) is 32.0 Å². The lowest BCUT2D eigenvalue weighted by Crippen LogP contribution is -2.49. The third-order valence-electron chi connectivity index (χ3n) is 4.60. The minimum atomic E-state index is -4.81. The Morgan fingerprint density at radius 1 is 1.32 bits per heavy atom. The minimum absolute atomic E-state index is 0.0512. The maximum absolute atomic E-state index is 12.7. The van der Waals surface area contributed by atoms with Crippen molar-refractivity contribution >= 4 is 5.91 Å². The van der Waals surface area contributed by atoms with Crippen LogP contribution in [0, 0.1) is 5.92 Å². The van der Waals surface area contributed by atoms with Gasteiger partial charge in [0.15, 0.2) is 0 Å². The molecule has 2 nitrogen and oxygen atoms in total. The van der Waals surface area contributed by atoms with Gasteiger partial charge in [0.05, 0.1) is 0 Å². The zero-order chi connectivity index (χ0) is 16.1. The van der Waals surface area contributed by atoms with Crippen LogP contribution in [-0.4, -0.2) is 23.5 Å². The maximum Gasteiger partial charge on any atom is 0.471 e. The molecule has 120 valence electrons. The molecule has 0 aromatic heterocycles. The van der Waals surface area contributed by atoms with Gasteiger partial charge in [0.2, 0.25) is 0 Å². The van der Waals surface area contributed by atoms with Crippen LogP contribution in [0.3, 0.4) is 0 Å². The maximum atomic E-state index is 12.7. The van der Waals surface area contributed by atoms with Gasteiger partial charge in [-0.25, -0.2) is 0 Å². The van der Waals surface area contributed by atoms with Crippen molar-refractivity contribution in [1.29, 1.82) is 0 Å². The summed E-state index contributed by atoms with van der Waals surface area (Å²) < 4.78 is 38.2. The molecule has 1 heterocycles. The summed E-state index contributed by atoms with van der Waals surface area (Å²) in [7, 11) is 0. The van der Waals surface area contributed by atoms with Crippen LogP contribution in [0.4, 0.5) is 13.2 Å². The molecule has 3 rings (SSSR count). The Kier molecular flexibility index (Phi) is 3.49. The normalized spacial score (nSPS) is 20.7. The SMILES string of the molecule is CC1(C)CN(C(=O)C(F)(F)F)Cc2cc(CC3CC3)ccc21. The van der Waals surface area contributed by atoms with Crippen LogP contribution < -0.4 is 0 Å². The predicted molar refractivity (Wildman–Crippen MR) is 77.4 cm³/mol. The van der Waals surface area contributed by atoms with E-state index in [0.29, 0.717) is 0 Å². The lowest BCUT2D eigenvalue weighted by Gasteiger charge is -2.40. The fourth-order valence-corrected chi connectivity index (χ4v) is 3.37. The lowest BCUT2D eigenvalue weighted by atomic mass is 9.77. The van der Waals surface area contributed by atoms with Gasteiger partial charge in [-0.15, -0.1) is 0 Å². The summed E-state index contributed by atoms with van der Waals surface area (Å²) in [4.78, 5) is 12.5. The molecule has 0 bridgehead atoms. The van der Waals surface area contributed by atoms with E-state index in [0.717, 1.165) is 28.4 Å². The standard InChI is InChI=1S/C17H20F3NO/c1-16(2)10-21(15(22)17(18,19)20)9-13-8-12(5-6-14(13)16)7-11-3-4-11/h5-6,8,11H,3-4,7,9-10H2,1-2H3. The zero-order valence-corrected chi connectivity index (χ0v) is 12.8. The minimum Gasteiger partial charge on any atom is -0.330 e. The molecule has 1 amide bonds. The summed E-state index contributed by atoms with van der Waals surface area (Å²) in [5, 5.41) is 0. The third-order valence-corrected chi connectivity index (χ3v) is 4.60. The number of nitrogens with zero attached hydrogens (tertiary/aromatic N) is 1. The van der Waals surface area contributed by atoms with Crippen molar-refractivity contribution in [3.63, 3.8) is 0 Å². The third kappa shape index (κ3) is 2.99. The van der Waals surface area contributed by atoms with Crippen molar-refractivity contribution in [1.82, 2.24) is 4.90 Å². The van der Waals surface area contributed by atoms with E-state index in [1.54, 1.807) is 0 Å². The van der Waals surface area contributed by atoms with E-state index in [4.69, 9.17) is 0 Å². The monoisotopic (exact) mass is 311 g/mol. The van der Waals surface area contributed by atoms with Gasteiger partial charge in [-0.2, -0.15) is 13.2 Å². The molecule has 1 aliphatic heterocycles. The Bertz CT molecular complexity index is 602. The number of alkyl halides is 3. The van der Waals surface area contributed by atoms with E-state index in [-0.39, 0.29) is 13.1 Å². The summed E-state index contributed by atoms with van der Waals surface area (Å²) in [5.41, 5.74) is 2.61. The van der Waals surface area contributed by atoms with E-state index in [1.165, 1.54) is 18.4 Å². The number of fused-ring (bicyclic) bond motifs is 1. The van der Waals surface area contributed by atoms with Crippen molar-refractivity contribution in [2.45, 2.75) is 51.2 Å². The largest absolute Gasteiger partial charge is 0.471 e. The number of benzene rings is 1. The summed E-state index contributed by atoms with van der Waals surface area (Å²) in [5.74, 6) is -1.01. The first-order valence-corrected chi connectivity index (χ1v) is 7.65. The number of carbonyl (C=O) groups is 1. The molecule has 2 aliphatic rings. The van der Waals surface area contributed by atoms with Crippen LogP contribution in [0.1, 0.15) is 43.4 Å². The summed E-state index contributed by atoms with van der Waals surface area (Å²) in [6.07, 6.45) is -1.34. The fourth-order valence-electron chi connectivity index (χ4n) is 3.37. The highest BCUT2D eigenvalue weighted by Gasteiger charge is 2.45. The molecule has 1 fully saturated rings. The molecule has 1 saturated carbocycles. The predicted octanol–water partition coefficient (Wildman–Crippen LogP) is 3.82. The van der Waals surface area contributed by atoms with E-state index in [2.05, 4.69) is 6.07 Å². The highest BCUT2D eigenvalue weighted by molar-refractivity contribution is 5.82. The van der Waals surface area contributed by atoms with Gasteiger partial charge >= 0.3 is 12.1 Å². The Morgan fingerprint density at radius 3 is 2.59 bits per heavy atom. The highest BCUT2D eigenvalue weighted by Crippen LogP contribution is 2.37. The number of halogens is 3. The van der Waals surface area contributed by atoms with Crippen LogP contribution in [0.2, 0.25) is 0 Å². The number of amides is 1. The number of rotatable bonds is 2. The quantitative estimate of drug-likeness (QED) is 0.813. The molecule has 1 aromatic carbocycles. The van der Waals surface area contributed by atoms with Crippen LogP contribution in [0.25, 0.3) is 0 Å². The first-order chi connectivity index (χ1) is 10.2. The summed E-state index contributed by atoms with van der Waals surface area (Å²) in [6.45, 7) is 3.93. The van der Waals surface area contributed by atoms with Crippen molar-refractivity contribution < 1.29 is 18.0 Å². The second-order valence-electron chi connectivity index (χ2n) is 7.18. The first kappa shape index (κ1) is 15.4. The molecule has 1 aromatic rings. The van der Waals surface area contributed by atoms with Gasteiger partial charge in [0.25, 0.3) is 0 Å². The number of hydrogen-bond donors (Lipinski definition) is 0. The Balaban J connectivity index is 1.90. The molecule has 22 heavy (non-hydrogen) atoms. The van der Waals surface area contributed by atoms with Crippen LogP contribution >= 0.6 is 0 Å². The van der Waals surface area contributed by atoms with Crippen molar-refractivity contribution in [2.24, 2.45) is 5.92 Å². The molecular formula is C17H20F3NO. The van der Waals surface area contributed by atoms with Crippen LogP contribution in [0.5, 0.6) is 0 Å². The second-order valence-corrected chi connectivity index (χ2v) is 7.18. The van der Waals surface area contributed by atoms with Gasteiger partial charge in [-0.3, -0.25) is 4.79 Å². The molecule has 0 unspecified atom stereocenters. The van der Waals surface area contributed by atoms with Gasteiger partial charge in [-0.05, 0) is 41.9 Å². The van der Waals surface area contributed by atoms with Gasteiger partial charge in [0, 0.05) is 18.5 Å². The summed E-state index contributed by atoms with van der Waals surface area (Å²) >= 11 is 0. The zero-order valence-electron chi connectivity index (χ0n) is 12.8. The number of carbonyl (C=O) groups excluding carboxylic acids is 1. The van der Waals surface area contributed by atoms with Gasteiger partial charge < -0.3 is 4.90 Å². The van der Waals surface area contributed by atoms with E-state index in [1.807, 2.05) is 26.0 Å². The molecular weight excluding hydrogens is 291 g/mol. The fraction of sp³-hybridized carbons (Fsp3) is 0.588. The van der Waals surface area contributed by atoms with E-state index in [9.17, 15) is 18.0 Å². The average Bonchev–Trinajstić information content (AvgIpc) is 3.19. The van der Waals surface area contributed by atoms with Crippen molar-refractivity contribution in [3.8, 4) is 0 Å². The Morgan fingerprint density at radius 2 is 2.00 bits per heavy atom. The molecule has 0 atom stereocenters. The van der Waals surface area contributed by atoms with E-state index < -0.39 is 17.5 Å². The average molecular weight is 311 g/mol. The van der Waals surface area contributed by atoms with Crippen molar-refractivity contribution in [3.05, 3.63) is 34.9 Å². The van der Waals surface area contributed by atoms with E-state index >= 15 is 0 Å². The molecule has 0 spiro atoms. The highest BCUT2D eigenvalue weighted by atomic mass is 19.4. The van der Waals surface area contributed by atoms with Crippen LogP contribution in [-0.2, 0) is 23.2 Å². The molecule has 1 aliphatic carbocycles. The number of hydrogen-bond acceptors (Lipinski definition) is 1. The second kappa shape index (κ2) is 5.00. The first-order valence-electron chi connectivity index (χ1n) is 7.65. The molecule has 0 saturated heterocycles.